The maximum Gasteiger partial charge on any atom is 0.258 e. The molecule has 424 valence electrons. The maximum atomic E-state index is 14.1. The highest BCUT2D eigenvalue weighted by Crippen LogP contribution is 2.32. The number of unbranched alkanes of at least 4 members (excludes halogenated alkanes) is 3. The Morgan fingerprint density at radius 3 is 2.26 bits per heavy atom. The normalized spacial score (nSPS) is 17.4. The molecule has 4 aromatic carbocycles. The van der Waals surface area contributed by atoms with Crippen LogP contribution in [0.4, 0.5) is 26.0 Å². The zero-order chi connectivity index (χ0) is 56.5. The molecule has 3 aliphatic rings. The molecule has 3 fully saturated rings. The number of rotatable bonds is 20. The number of likely N-dealkylation sites (tertiary alicyclic amines) is 1. The van der Waals surface area contributed by atoms with Gasteiger partial charge in [-0.2, -0.15) is 5.10 Å². The van der Waals surface area contributed by atoms with Crippen LogP contribution in [0.1, 0.15) is 111 Å². The van der Waals surface area contributed by atoms with Crippen LogP contribution in [0.2, 0.25) is 0 Å². The van der Waals surface area contributed by atoms with E-state index in [0.29, 0.717) is 92.2 Å². The lowest BCUT2D eigenvalue weighted by Crippen LogP contribution is -2.57. The van der Waals surface area contributed by atoms with E-state index in [2.05, 4.69) is 41.3 Å². The number of benzene rings is 4. The number of anilines is 3. The third kappa shape index (κ3) is 14.5. The van der Waals surface area contributed by atoms with E-state index >= 15 is 0 Å². The molecule has 80 heavy (non-hydrogen) atoms. The van der Waals surface area contributed by atoms with Crippen molar-refractivity contribution in [1.29, 1.82) is 0 Å². The lowest BCUT2D eigenvalue weighted by atomic mass is 9.85. The summed E-state index contributed by atoms with van der Waals surface area (Å²) >= 11 is 1.57. The van der Waals surface area contributed by atoms with Crippen molar-refractivity contribution in [2.75, 3.05) is 61.5 Å². The van der Waals surface area contributed by atoms with Gasteiger partial charge in [0.15, 0.2) is 5.82 Å². The first-order valence-corrected chi connectivity index (χ1v) is 28.6. The number of aromatic nitrogens is 3. The van der Waals surface area contributed by atoms with Crippen LogP contribution in [0, 0.1) is 24.0 Å². The minimum Gasteiger partial charge on any atom is -0.391 e. The summed E-state index contributed by atoms with van der Waals surface area (Å²) in [5, 5.41) is 31.2. The number of amides is 5. The average molecular weight is 1120 g/mol. The fourth-order valence-corrected chi connectivity index (χ4v) is 11.6. The van der Waals surface area contributed by atoms with Crippen molar-refractivity contribution in [2.24, 2.45) is 5.41 Å². The monoisotopic (exact) mass is 1110 g/mol. The molecule has 9 rings (SSSR count). The number of H-pyrrole nitrogens is 1. The molecule has 3 saturated heterocycles. The zero-order valence-corrected chi connectivity index (χ0v) is 46.7. The predicted octanol–water partition coefficient (Wildman–Crippen LogP) is 8.51. The molecule has 2 aromatic heterocycles. The third-order valence-corrected chi connectivity index (χ3v) is 16.2. The SMILES string of the molecule is Cc1ncsc1-c1ccc(CNC(=O)C2CC(O)CN2C(=O)[C@@H](NC(=O)CCCCCCC(=O)N2CCN(c3ccc(C(=O)Nc4n[nH]c5ccc(Cc6cc(F)cc(F)c6)cc45)c(NC4CCOCC4)c3)CC2)C(C)(C)C)cc1. The fourth-order valence-electron chi connectivity index (χ4n) is 10.8. The second-order valence-corrected chi connectivity index (χ2v) is 23.2. The number of aliphatic hydroxyl groups excluding tert-OH is 1. The van der Waals surface area contributed by atoms with Gasteiger partial charge in [-0.25, -0.2) is 13.8 Å². The first-order valence-electron chi connectivity index (χ1n) is 27.7. The molecule has 0 aliphatic carbocycles. The molecule has 0 spiro atoms. The molecule has 0 bridgehead atoms. The number of fused-ring (bicyclic) bond motifs is 1. The molecule has 0 saturated carbocycles. The van der Waals surface area contributed by atoms with Crippen LogP contribution in [0.5, 0.6) is 0 Å². The Hall–Kier alpha value is -7.29. The van der Waals surface area contributed by atoms with E-state index in [0.717, 1.165) is 64.7 Å². The largest absolute Gasteiger partial charge is 0.391 e. The first kappa shape index (κ1) is 57.4. The summed E-state index contributed by atoms with van der Waals surface area (Å²) in [5.74, 6) is -2.27. The van der Waals surface area contributed by atoms with Crippen molar-refractivity contribution >= 4 is 69.0 Å². The summed E-state index contributed by atoms with van der Waals surface area (Å²) in [6, 6.07) is 20.9. The van der Waals surface area contributed by atoms with E-state index < -0.39 is 41.1 Å². The van der Waals surface area contributed by atoms with Gasteiger partial charge in [0.2, 0.25) is 23.6 Å². The summed E-state index contributed by atoms with van der Waals surface area (Å²) in [4.78, 5) is 79.4. The summed E-state index contributed by atoms with van der Waals surface area (Å²) in [6.45, 7) is 11.4. The number of aliphatic hydroxyl groups is 1. The minimum atomic E-state index is -0.915. The highest BCUT2D eigenvalue weighted by atomic mass is 32.1. The number of hydrogen-bond donors (Lipinski definition) is 6. The lowest BCUT2D eigenvalue weighted by molar-refractivity contribution is -0.144. The number of aryl methyl sites for hydroxylation is 1. The summed E-state index contributed by atoms with van der Waals surface area (Å²) < 4.78 is 33.5. The van der Waals surface area contributed by atoms with Crippen LogP contribution in [-0.2, 0) is 36.9 Å². The molecule has 6 aromatic rings. The van der Waals surface area contributed by atoms with Gasteiger partial charge in [-0.05, 0) is 109 Å². The topological polar surface area (TPSA) is 214 Å². The van der Waals surface area contributed by atoms with Gasteiger partial charge in [-0.3, -0.25) is 29.1 Å². The summed E-state index contributed by atoms with van der Waals surface area (Å²) in [5.41, 5.74) is 8.05. The molecule has 0 radical (unpaired) electrons. The molecule has 3 atom stereocenters. The molecule has 5 amide bonds. The lowest BCUT2D eigenvalue weighted by Gasteiger charge is -2.36. The highest BCUT2D eigenvalue weighted by molar-refractivity contribution is 7.13. The van der Waals surface area contributed by atoms with Gasteiger partial charge in [0.25, 0.3) is 5.91 Å². The van der Waals surface area contributed by atoms with E-state index in [4.69, 9.17) is 4.74 Å². The van der Waals surface area contributed by atoms with Crippen molar-refractivity contribution in [2.45, 2.75) is 123 Å². The Morgan fingerprint density at radius 1 is 0.850 bits per heavy atom. The molecule has 20 heteroatoms. The van der Waals surface area contributed by atoms with Gasteiger partial charge >= 0.3 is 0 Å². The van der Waals surface area contributed by atoms with Crippen LogP contribution in [-0.4, -0.2) is 130 Å². The highest BCUT2D eigenvalue weighted by Gasteiger charge is 2.44. The van der Waals surface area contributed by atoms with Crippen LogP contribution in [0.15, 0.2) is 84.4 Å². The quantitative estimate of drug-likeness (QED) is 0.0399. The van der Waals surface area contributed by atoms with E-state index in [1.54, 1.807) is 17.4 Å². The molecule has 17 nitrogen and oxygen atoms in total. The number of carbonyl (C=O) groups is 5. The van der Waals surface area contributed by atoms with Crippen LogP contribution in [0.3, 0.4) is 0 Å². The number of nitrogens with zero attached hydrogens (tertiary/aromatic N) is 5. The van der Waals surface area contributed by atoms with E-state index in [1.165, 1.54) is 17.0 Å². The van der Waals surface area contributed by atoms with Gasteiger partial charge in [0, 0.05) is 101 Å². The van der Waals surface area contributed by atoms with Gasteiger partial charge in [-0.1, -0.05) is 63.9 Å². The number of piperazine rings is 1. The number of hydrogen-bond acceptors (Lipinski definition) is 12. The molecule has 5 heterocycles. The standard InChI is InChI=1S/C60H72F2N10O7S/c1-37-54(80-36-64-37)41-14-11-38(12-15-41)34-63-58(77)51-33-46(73)35-72(51)59(78)55(60(2,3)4)66-52(74)9-7-5-6-8-10-53(75)71-23-21-70(22-24-71)45-16-17-47(50(32-45)65-44-19-25-79-26-20-44)57(76)67-56-48-30-39(13-18-49(48)68-69-56)27-40-28-42(61)31-43(62)29-40/h11-18,28-32,36,44,46,51,55,65,73H,5-10,19-27,33-35H2,1-4H3,(H,63,77)(H,66,74)(H2,67,68,69,76)/t46?,51?,55-/m1/s1. The van der Waals surface area contributed by atoms with Gasteiger partial charge in [0.1, 0.15) is 23.7 Å². The number of nitrogens with one attached hydrogen (secondary N) is 5. The van der Waals surface area contributed by atoms with Crippen LogP contribution in [0.25, 0.3) is 21.3 Å². The van der Waals surface area contributed by atoms with Crippen molar-refractivity contribution in [3.63, 3.8) is 0 Å². The van der Waals surface area contributed by atoms with Crippen molar-refractivity contribution in [3.05, 3.63) is 124 Å². The van der Waals surface area contributed by atoms with E-state index in [1.807, 2.05) is 92.7 Å². The molecular weight excluding hydrogens is 1040 g/mol. The minimum absolute atomic E-state index is 0.00653. The second kappa shape index (κ2) is 25.9. The second-order valence-electron chi connectivity index (χ2n) is 22.3. The zero-order valence-electron chi connectivity index (χ0n) is 45.9. The smallest absolute Gasteiger partial charge is 0.258 e. The Kier molecular flexibility index (Phi) is 18.6. The van der Waals surface area contributed by atoms with E-state index in [9.17, 15) is 37.9 Å². The molecule has 3 aliphatic heterocycles. The third-order valence-electron chi connectivity index (χ3n) is 15.3. The van der Waals surface area contributed by atoms with Crippen molar-refractivity contribution in [3.8, 4) is 10.4 Å². The van der Waals surface area contributed by atoms with Gasteiger partial charge in [0.05, 0.1) is 33.3 Å². The van der Waals surface area contributed by atoms with Gasteiger partial charge in [-0.15, -0.1) is 11.3 Å². The number of thiazole rings is 1. The number of halogens is 2. The molecule has 6 N–H and O–H groups in total. The van der Waals surface area contributed by atoms with Crippen LogP contribution >= 0.6 is 11.3 Å². The molecule has 2 unspecified atom stereocenters. The van der Waals surface area contributed by atoms with Crippen molar-refractivity contribution < 1.29 is 42.6 Å². The number of ether oxygens (including phenoxy) is 1. The Bertz CT molecular complexity index is 3150. The first-order chi connectivity index (χ1) is 38.4. The van der Waals surface area contributed by atoms with E-state index in [-0.39, 0.29) is 62.0 Å². The maximum absolute atomic E-state index is 14.1. The van der Waals surface area contributed by atoms with Crippen molar-refractivity contribution in [1.82, 2.24) is 35.6 Å². The Labute approximate surface area is 469 Å². The summed E-state index contributed by atoms with van der Waals surface area (Å²) in [6.07, 6.45) is 4.44. The predicted molar refractivity (Wildman–Crippen MR) is 305 cm³/mol. The number of aromatic amines is 1. The summed E-state index contributed by atoms with van der Waals surface area (Å²) in [7, 11) is 0. The van der Waals surface area contributed by atoms with Crippen LogP contribution < -0.4 is 26.2 Å². The number of β-amino-alcohol motifs (C(OH)–C–C–N with tert-alkyl or cyclic N) is 1. The Morgan fingerprint density at radius 2 is 1.56 bits per heavy atom. The fraction of sp³-hybridized carbons (Fsp3) is 0.450. The Balaban J connectivity index is 0.718. The van der Waals surface area contributed by atoms with Gasteiger partial charge < -0.3 is 45.8 Å². The molecular formula is C60H72F2N10O7S. The average Bonchev–Trinajstić information content (AvgIpc) is 4.24. The number of carbonyl (C=O) groups excluding carboxylic acids is 5.